The Morgan fingerprint density at radius 3 is 1.72 bits per heavy atom. The van der Waals surface area contributed by atoms with Gasteiger partial charge in [-0.2, -0.15) is 14.9 Å². The van der Waals surface area contributed by atoms with E-state index in [4.69, 9.17) is 22.1 Å². The number of carbonyl (C=O) groups is 3. The molecule has 0 amide bonds. The molecule has 0 aliphatic rings. The number of H-pyrrole nitrogens is 1. The Morgan fingerprint density at radius 1 is 0.741 bits per heavy atom. The van der Waals surface area contributed by atoms with Crippen LogP contribution in [0.4, 0.5) is 20.1 Å². The molecule has 0 saturated heterocycles. The molecule has 58 heavy (non-hydrogen) atoms. The summed E-state index contributed by atoms with van der Waals surface area (Å²) in [6.45, 7) is 25.6. The average Bonchev–Trinajstić information content (AvgIpc) is 3.75. The first-order valence-corrected chi connectivity index (χ1v) is 19.7. The molecule has 0 bridgehead atoms. The van der Waals surface area contributed by atoms with Crippen molar-refractivity contribution >= 4 is 75.1 Å². The molecule has 0 unspecified atom stereocenters. The highest BCUT2D eigenvalue weighted by Crippen LogP contribution is 2.20. The number of hydrogen-bond acceptors (Lipinski definition) is 12. The zero-order chi connectivity index (χ0) is 44.3. The number of nitrogens with zero attached hydrogens (tertiary/aromatic N) is 6. The van der Waals surface area contributed by atoms with Gasteiger partial charge in [-0.15, -0.1) is 0 Å². The van der Waals surface area contributed by atoms with Crippen LogP contribution in [0.5, 0.6) is 0 Å². The van der Waals surface area contributed by atoms with Gasteiger partial charge in [0.15, 0.2) is 0 Å². The van der Waals surface area contributed by atoms with Gasteiger partial charge in [0.05, 0.1) is 23.4 Å². The molecule has 0 fully saturated rings. The summed E-state index contributed by atoms with van der Waals surface area (Å²) in [6.07, 6.45) is 4.39. The average molecular weight is 867 g/mol. The maximum atomic E-state index is 11.9. The molecule has 0 aliphatic carbocycles. The summed E-state index contributed by atoms with van der Waals surface area (Å²) < 4.78 is 21.3. The lowest BCUT2D eigenvalue weighted by molar-refractivity contribution is -0.0294. The Balaban J connectivity index is 0.000000376. The van der Waals surface area contributed by atoms with Crippen molar-refractivity contribution in [2.45, 2.75) is 99.9 Å². The summed E-state index contributed by atoms with van der Waals surface area (Å²) in [5.74, 6) is 0. The van der Waals surface area contributed by atoms with Crippen LogP contribution < -0.4 is 10.4 Å². The first-order chi connectivity index (χ1) is 26.9. The Kier molecular flexibility index (Phi) is 21.2. The normalized spacial score (nSPS) is 11.0. The summed E-state index contributed by atoms with van der Waals surface area (Å²) >= 11 is 3.37. The number of aromatic amines is 1. The number of hydrogen-bond donors (Lipinski definition) is 1. The summed E-state index contributed by atoms with van der Waals surface area (Å²) in [7, 11) is 9.56. The number of benzene rings is 2. The fourth-order valence-corrected chi connectivity index (χ4v) is 4.72. The molecule has 2 aromatic carbocycles. The van der Waals surface area contributed by atoms with E-state index in [2.05, 4.69) is 66.6 Å². The van der Waals surface area contributed by atoms with Crippen LogP contribution in [0.1, 0.15) is 83.1 Å². The summed E-state index contributed by atoms with van der Waals surface area (Å²) in [5.41, 5.74) is 1.80. The number of carbonyl (C=O) groups excluding carboxylic acids is 3. The SMILES string of the molecule is CC(C)(C)OC(=O)OC(=O)OC(C)(C)C.CC(C)(C)OC(=O)n1ncc2cc(Br)ccc21.CCN(CC)CC.CN(C)c1ccncc1.[B]c1ccc2[nH]ncc2c1. The predicted octanol–water partition coefficient (Wildman–Crippen LogP) is 9.31. The number of fused-ring (bicyclic) bond motifs is 2. The van der Waals surface area contributed by atoms with E-state index in [0.717, 1.165) is 31.7 Å². The van der Waals surface area contributed by atoms with Gasteiger partial charge in [0.1, 0.15) is 24.6 Å². The number of rotatable bonds is 4. The molecule has 5 rings (SSSR count). The Hall–Kier alpha value is -4.96. The van der Waals surface area contributed by atoms with Crippen molar-refractivity contribution in [3.05, 3.63) is 77.8 Å². The highest BCUT2D eigenvalue weighted by molar-refractivity contribution is 9.10. The Labute approximate surface area is 353 Å². The number of ether oxygens (including phenoxy) is 4. The molecule has 3 aromatic heterocycles. The molecule has 2 radical (unpaired) electrons. The predicted molar refractivity (Wildman–Crippen MR) is 236 cm³/mol. The monoisotopic (exact) mass is 865 g/mol. The van der Waals surface area contributed by atoms with Crippen LogP contribution in [0.2, 0.25) is 0 Å². The van der Waals surface area contributed by atoms with Crippen LogP contribution in [0.25, 0.3) is 21.8 Å². The minimum Gasteiger partial charge on any atom is -0.442 e. The van der Waals surface area contributed by atoms with E-state index in [-0.39, 0.29) is 0 Å². The molecule has 0 aliphatic heterocycles. The van der Waals surface area contributed by atoms with Crippen molar-refractivity contribution in [3.63, 3.8) is 0 Å². The number of aromatic nitrogens is 5. The third kappa shape index (κ3) is 21.5. The van der Waals surface area contributed by atoms with Crippen LogP contribution >= 0.6 is 15.9 Å². The van der Waals surface area contributed by atoms with Gasteiger partial charge in [-0.25, -0.2) is 14.4 Å². The van der Waals surface area contributed by atoms with E-state index in [0.29, 0.717) is 0 Å². The topological polar surface area (TPSA) is 154 Å². The minimum atomic E-state index is -1.06. The standard InChI is InChI=1S/C12H13BrN2O2.C10H18O5.C7H5BN2.C7H10N2.C6H15N/c1-12(2,3)17-11(16)15-10-5-4-9(13)6-8(10)7-14-15;1-9(2,3)14-7(11)13-8(12)15-10(4,5)6;8-6-1-2-7-5(3-6)4-9-10-7;1-9(2)7-3-5-8-6-4-7;1-4-7(5-2)6-3/h4-7H,1-3H3;1-6H3;1-4H,(H,9,10);3-6H,1-2H3;4-6H2,1-3H3. The lowest BCUT2D eigenvalue weighted by Gasteiger charge is -2.20. The molecular formula is C42H61BBrN7O7. The van der Waals surface area contributed by atoms with E-state index in [1.165, 1.54) is 30.0 Å². The molecule has 3 heterocycles. The number of pyridine rings is 1. The molecule has 0 saturated carbocycles. The third-order valence-corrected chi connectivity index (χ3v) is 7.52. The van der Waals surface area contributed by atoms with Gasteiger partial charge >= 0.3 is 18.4 Å². The zero-order valence-electron chi connectivity index (χ0n) is 36.5. The smallest absolute Gasteiger partial charge is 0.442 e. The third-order valence-electron chi connectivity index (χ3n) is 7.03. The zero-order valence-corrected chi connectivity index (χ0v) is 38.1. The van der Waals surface area contributed by atoms with Crippen LogP contribution in [0.15, 0.2) is 77.8 Å². The summed E-state index contributed by atoms with van der Waals surface area (Å²) in [5, 5.41) is 12.7. The van der Waals surface area contributed by atoms with E-state index >= 15 is 0 Å². The largest absolute Gasteiger partial charge is 0.519 e. The molecule has 16 heteroatoms. The lowest BCUT2D eigenvalue weighted by Crippen LogP contribution is -2.29. The molecule has 0 atom stereocenters. The first kappa shape index (κ1) is 51.1. The highest BCUT2D eigenvalue weighted by atomic mass is 79.9. The van der Waals surface area contributed by atoms with Crippen molar-refractivity contribution in [1.29, 1.82) is 0 Å². The van der Waals surface area contributed by atoms with Crippen LogP contribution in [0, 0.1) is 0 Å². The van der Waals surface area contributed by atoms with Crippen molar-refractivity contribution in [2.24, 2.45) is 0 Å². The second-order valence-electron chi connectivity index (χ2n) is 15.7. The molecule has 1 N–H and O–H groups in total. The minimum absolute atomic E-state index is 0.463. The van der Waals surface area contributed by atoms with Crippen molar-refractivity contribution < 1.29 is 33.3 Å². The number of halogens is 1. The van der Waals surface area contributed by atoms with Gasteiger partial charge in [0.25, 0.3) is 0 Å². The second kappa shape index (κ2) is 24.1. The van der Waals surface area contributed by atoms with Gasteiger partial charge in [-0.05, 0) is 118 Å². The Morgan fingerprint density at radius 2 is 1.28 bits per heavy atom. The van der Waals surface area contributed by atoms with Crippen molar-refractivity contribution in [1.82, 2.24) is 29.9 Å². The van der Waals surface area contributed by atoms with Crippen LogP contribution in [0.3, 0.4) is 0 Å². The molecule has 14 nitrogen and oxygen atoms in total. The van der Waals surface area contributed by atoms with Gasteiger partial charge in [-0.3, -0.25) is 10.1 Å². The van der Waals surface area contributed by atoms with E-state index in [1.54, 1.807) is 66.3 Å². The first-order valence-electron chi connectivity index (χ1n) is 18.9. The fraction of sp³-hybridized carbons (Fsp3) is 0.476. The second-order valence-corrected chi connectivity index (χ2v) is 16.6. The van der Waals surface area contributed by atoms with E-state index in [1.807, 2.05) is 88.3 Å². The van der Waals surface area contributed by atoms with E-state index in [9.17, 15) is 14.4 Å². The lowest BCUT2D eigenvalue weighted by atomic mass is 9.95. The van der Waals surface area contributed by atoms with Crippen molar-refractivity contribution in [3.8, 4) is 0 Å². The van der Waals surface area contributed by atoms with Crippen LogP contribution in [-0.4, -0.2) is 107 Å². The number of nitrogens with one attached hydrogen (secondary N) is 1. The van der Waals surface area contributed by atoms with Crippen molar-refractivity contribution in [2.75, 3.05) is 38.6 Å². The van der Waals surface area contributed by atoms with Gasteiger partial charge < -0.3 is 28.7 Å². The van der Waals surface area contributed by atoms with Gasteiger partial charge in [-0.1, -0.05) is 54.3 Å². The molecule has 0 spiro atoms. The molecular weight excluding hydrogens is 805 g/mol. The van der Waals surface area contributed by atoms with Gasteiger partial charge in [0, 0.05) is 47.4 Å². The van der Waals surface area contributed by atoms with E-state index < -0.39 is 35.2 Å². The molecule has 316 valence electrons. The summed E-state index contributed by atoms with van der Waals surface area (Å²) in [6, 6.07) is 15.2. The maximum absolute atomic E-state index is 11.9. The molecule has 5 aromatic rings. The van der Waals surface area contributed by atoms with Gasteiger partial charge in [0.2, 0.25) is 0 Å². The summed E-state index contributed by atoms with van der Waals surface area (Å²) in [4.78, 5) is 42.2. The van der Waals surface area contributed by atoms with Crippen LogP contribution in [-0.2, 0) is 18.9 Å². The number of anilines is 1. The highest BCUT2D eigenvalue weighted by Gasteiger charge is 2.24. The Bertz CT molecular complexity index is 1950. The quantitative estimate of drug-likeness (QED) is 0.0793. The fourth-order valence-electron chi connectivity index (χ4n) is 4.34. The maximum Gasteiger partial charge on any atom is 0.519 e.